The van der Waals surface area contributed by atoms with Crippen molar-refractivity contribution in [1.82, 2.24) is 0 Å². The van der Waals surface area contributed by atoms with Gasteiger partial charge < -0.3 is 0 Å². The first-order valence-electron chi connectivity index (χ1n) is 6.95. The van der Waals surface area contributed by atoms with Gasteiger partial charge in [-0.1, -0.05) is 67.7 Å². The van der Waals surface area contributed by atoms with Crippen molar-refractivity contribution in [2.24, 2.45) is 29.6 Å². The van der Waals surface area contributed by atoms with E-state index in [-0.39, 0.29) is 0 Å². The van der Waals surface area contributed by atoms with Gasteiger partial charge in [-0.2, -0.15) is 0 Å². The summed E-state index contributed by atoms with van der Waals surface area (Å²) in [5.74, 6) is 4.39. The van der Waals surface area contributed by atoms with E-state index in [9.17, 15) is 0 Å². The lowest BCUT2D eigenvalue weighted by atomic mass is 9.70. The van der Waals surface area contributed by atoms with Gasteiger partial charge >= 0.3 is 0 Å². The molecule has 3 atom stereocenters. The molecule has 0 N–H and O–H groups in total. The van der Waals surface area contributed by atoms with E-state index in [0.717, 1.165) is 29.6 Å². The largest absolute Gasteiger partial charge is 0.0654 e. The fourth-order valence-corrected chi connectivity index (χ4v) is 3.30. The standard InChI is InChI=1S/C15H32/c1-8-10-15(12(5)6)13(7)14(9-2)11(3)4/h11-15H,8-10H2,1-7H3. The molecule has 0 radical (unpaired) electrons. The fraction of sp³-hybridized carbons (Fsp3) is 1.00. The van der Waals surface area contributed by atoms with Crippen molar-refractivity contribution in [1.29, 1.82) is 0 Å². The highest BCUT2D eigenvalue weighted by Gasteiger charge is 2.27. The molecule has 15 heavy (non-hydrogen) atoms. The van der Waals surface area contributed by atoms with Gasteiger partial charge in [0.15, 0.2) is 0 Å². The van der Waals surface area contributed by atoms with Gasteiger partial charge in [-0.3, -0.25) is 0 Å². The summed E-state index contributed by atoms with van der Waals surface area (Å²) >= 11 is 0. The van der Waals surface area contributed by atoms with Gasteiger partial charge in [-0.15, -0.1) is 0 Å². The summed E-state index contributed by atoms with van der Waals surface area (Å²) in [5, 5.41) is 0. The Morgan fingerprint density at radius 1 is 0.733 bits per heavy atom. The lowest BCUT2D eigenvalue weighted by Gasteiger charge is -2.35. The van der Waals surface area contributed by atoms with Crippen LogP contribution in [-0.2, 0) is 0 Å². The van der Waals surface area contributed by atoms with Gasteiger partial charge in [0, 0.05) is 0 Å². The summed E-state index contributed by atoms with van der Waals surface area (Å²) in [6.07, 6.45) is 4.08. The van der Waals surface area contributed by atoms with Crippen LogP contribution in [0.2, 0.25) is 0 Å². The van der Waals surface area contributed by atoms with Crippen LogP contribution in [-0.4, -0.2) is 0 Å². The summed E-state index contributed by atoms with van der Waals surface area (Å²) in [5.41, 5.74) is 0. The summed E-state index contributed by atoms with van der Waals surface area (Å²) < 4.78 is 0. The van der Waals surface area contributed by atoms with Crippen molar-refractivity contribution in [2.45, 2.75) is 67.7 Å². The first-order valence-corrected chi connectivity index (χ1v) is 6.95. The summed E-state index contributed by atoms with van der Waals surface area (Å²) in [4.78, 5) is 0. The third-order valence-corrected chi connectivity index (χ3v) is 4.16. The zero-order valence-electron chi connectivity index (χ0n) is 12.0. The zero-order chi connectivity index (χ0) is 12.0. The maximum atomic E-state index is 2.48. The molecule has 0 aromatic heterocycles. The third kappa shape index (κ3) is 4.57. The Morgan fingerprint density at radius 2 is 1.20 bits per heavy atom. The fourth-order valence-electron chi connectivity index (χ4n) is 3.30. The summed E-state index contributed by atoms with van der Waals surface area (Å²) in [6.45, 7) is 16.7. The van der Waals surface area contributed by atoms with E-state index >= 15 is 0 Å². The summed E-state index contributed by atoms with van der Waals surface area (Å²) in [6, 6.07) is 0. The Hall–Kier alpha value is 0. The van der Waals surface area contributed by atoms with E-state index in [1.165, 1.54) is 19.3 Å². The number of hydrogen-bond acceptors (Lipinski definition) is 0. The molecule has 0 aromatic carbocycles. The second-order valence-corrected chi connectivity index (χ2v) is 5.87. The molecule has 0 rings (SSSR count). The first kappa shape index (κ1) is 15.0. The molecular weight excluding hydrogens is 180 g/mol. The molecule has 0 heteroatoms. The van der Waals surface area contributed by atoms with Crippen LogP contribution in [0.25, 0.3) is 0 Å². The molecule has 0 aliphatic heterocycles. The normalized spacial score (nSPS) is 18.2. The molecule has 0 saturated heterocycles. The molecule has 3 unspecified atom stereocenters. The summed E-state index contributed by atoms with van der Waals surface area (Å²) in [7, 11) is 0. The SMILES string of the molecule is CCCC(C(C)C)C(C)C(CC)C(C)C. The van der Waals surface area contributed by atoms with Gasteiger partial charge in [0.1, 0.15) is 0 Å². The minimum Gasteiger partial charge on any atom is -0.0654 e. The molecule has 92 valence electrons. The predicted octanol–water partition coefficient (Wildman–Crippen LogP) is 5.38. The molecule has 0 aliphatic carbocycles. The van der Waals surface area contributed by atoms with E-state index in [1.807, 2.05) is 0 Å². The second-order valence-electron chi connectivity index (χ2n) is 5.87. The van der Waals surface area contributed by atoms with Crippen LogP contribution in [0.5, 0.6) is 0 Å². The van der Waals surface area contributed by atoms with Crippen LogP contribution in [0.1, 0.15) is 67.7 Å². The highest BCUT2D eigenvalue weighted by Crippen LogP contribution is 2.35. The Balaban J connectivity index is 4.51. The van der Waals surface area contributed by atoms with E-state index in [2.05, 4.69) is 48.5 Å². The van der Waals surface area contributed by atoms with Crippen molar-refractivity contribution in [3.05, 3.63) is 0 Å². The van der Waals surface area contributed by atoms with E-state index < -0.39 is 0 Å². The maximum Gasteiger partial charge on any atom is -0.0363 e. The minimum atomic E-state index is 0.836. The van der Waals surface area contributed by atoms with Crippen molar-refractivity contribution in [3.8, 4) is 0 Å². The monoisotopic (exact) mass is 212 g/mol. The molecule has 0 saturated carbocycles. The molecule has 0 spiro atoms. The molecule has 0 aliphatic rings. The first-order chi connectivity index (χ1) is 6.95. The molecular formula is C15H32. The van der Waals surface area contributed by atoms with Crippen molar-refractivity contribution < 1.29 is 0 Å². The Kier molecular flexibility index (Phi) is 7.30. The average molecular weight is 212 g/mol. The smallest absolute Gasteiger partial charge is 0.0363 e. The minimum absolute atomic E-state index is 0.836. The highest BCUT2D eigenvalue weighted by atomic mass is 14.3. The molecule has 0 heterocycles. The van der Waals surface area contributed by atoms with Gasteiger partial charge in [0.25, 0.3) is 0 Å². The Bertz CT molecular complexity index is 146. The van der Waals surface area contributed by atoms with Crippen LogP contribution in [0, 0.1) is 29.6 Å². The Morgan fingerprint density at radius 3 is 1.47 bits per heavy atom. The van der Waals surface area contributed by atoms with Crippen molar-refractivity contribution in [3.63, 3.8) is 0 Å². The molecule has 0 aromatic rings. The number of rotatable bonds is 7. The van der Waals surface area contributed by atoms with E-state index in [0.29, 0.717) is 0 Å². The molecule has 0 amide bonds. The second kappa shape index (κ2) is 7.30. The average Bonchev–Trinajstić information content (AvgIpc) is 2.13. The van der Waals surface area contributed by atoms with Crippen LogP contribution in [0.15, 0.2) is 0 Å². The van der Waals surface area contributed by atoms with Crippen LogP contribution < -0.4 is 0 Å². The quantitative estimate of drug-likeness (QED) is 0.531. The Labute approximate surface area is 97.8 Å². The molecule has 0 nitrogen and oxygen atoms in total. The predicted molar refractivity (Wildman–Crippen MR) is 71.0 cm³/mol. The van der Waals surface area contributed by atoms with Crippen LogP contribution >= 0.6 is 0 Å². The van der Waals surface area contributed by atoms with E-state index in [1.54, 1.807) is 0 Å². The van der Waals surface area contributed by atoms with Gasteiger partial charge in [-0.25, -0.2) is 0 Å². The van der Waals surface area contributed by atoms with Gasteiger partial charge in [-0.05, 0) is 29.6 Å². The van der Waals surface area contributed by atoms with Gasteiger partial charge in [0.05, 0.1) is 0 Å². The van der Waals surface area contributed by atoms with Crippen molar-refractivity contribution >= 4 is 0 Å². The van der Waals surface area contributed by atoms with Crippen LogP contribution in [0.3, 0.4) is 0 Å². The van der Waals surface area contributed by atoms with E-state index in [4.69, 9.17) is 0 Å². The third-order valence-electron chi connectivity index (χ3n) is 4.16. The zero-order valence-corrected chi connectivity index (χ0v) is 12.0. The number of hydrogen-bond donors (Lipinski definition) is 0. The lowest BCUT2D eigenvalue weighted by Crippen LogP contribution is -2.27. The van der Waals surface area contributed by atoms with Crippen LogP contribution in [0.4, 0.5) is 0 Å². The molecule has 0 bridgehead atoms. The highest BCUT2D eigenvalue weighted by molar-refractivity contribution is 4.77. The maximum absolute atomic E-state index is 2.48. The van der Waals surface area contributed by atoms with Crippen molar-refractivity contribution in [2.75, 3.05) is 0 Å². The molecule has 0 fully saturated rings. The topological polar surface area (TPSA) is 0 Å². The lowest BCUT2D eigenvalue weighted by molar-refractivity contribution is 0.143. The van der Waals surface area contributed by atoms with Gasteiger partial charge in [0.2, 0.25) is 0 Å².